The Balaban J connectivity index is 2.04. The number of ether oxygens (including phenoxy) is 1. The first-order valence-corrected chi connectivity index (χ1v) is 12.8. The Kier molecular flexibility index (Phi) is 8.81. The van der Waals surface area contributed by atoms with E-state index in [-0.39, 0.29) is 11.9 Å². The molecule has 2 aromatic rings. The second kappa shape index (κ2) is 11.7. The number of carbonyl (C=O) groups is 4. The predicted octanol–water partition coefficient (Wildman–Crippen LogP) is 4.05. The zero-order valence-corrected chi connectivity index (χ0v) is 23.0. The van der Waals surface area contributed by atoms with Crippen LogP contribution in [0.25, 0.3) is 0 Å². The van der Waals surface area contributed by atoms with Crippen LogP contribution in [0.1, 0.15) is 68.3 Å². The molecular formula is C29H38N4O5. The molecule has 2 unspecified atom stereocenters. The molecule has 1 aliphatic carbocycles. The van der Waals surface area contributed by atoms with Gasteiger partial charge in [0, 0.05) is 11.7 Å². The van der Waals surface area contributed by atoms with E-state index in [4.69, 9.17) is 10.5 Å². The minimum Gasteiger partial charge on any atom is -0.444 e. The lowest BCUT2D eigenvalue weighted by atomic mass is 9.97. The zero-order valence-electron chi connectivity index (χ0n) is 23.0. The number of hydrogen-bond donors (Lipinski definition) is 3. The van der Waals surface area contributed by atoms with Crippen LogP contribution in [-0.4, -0.2) is 46.4 Å². The highest BCUT2D eigenvalue weighted by Gasteiger charge is 2.45. The number of hydrogen-bond acceptors (Lipinski definition) is 5. The number of amides is 4. The fourth-order valence-corrected chi connectivity index (χ4v) is 4.42. The molecule has 4 amide bonds. The maximum Gasteiger partial charge on any atom is 0.408 e. The first-order chi connectivity index (χ1) is 17.8. The molecule has 0 radical (unpaired) electrons. The van der Waals surface area contributed by atoms with Crippen molar-refractivity contribution in [1.29, 1.82) is 0 Å². The third kappa shape index (κ3) is 7.34. The van der Waals surface area contributed by atoms with Gasteiger partial charge in [-0.25, -0.2) is 4.79 Å². The van der Waals surface area contributed by atoms with E-state index in [1.54, 1.807) is 20.8 Å². The van der Waals surface area contributed by atoms with E-state index in [0.29, 0.717) is 24.1 Å². The van der Waals surface area contributed by atoms with Crippen molar-refractivity contribution in [3.8, 4) is 0 Å². The molecule has 204 valence electrons. The molecule has 0 bridgehead atoms. The van der Waals surface area contributed by atoms with Crippen LogP contribution < -0.4 is 16.4 Å². The predicted molar refractivity (Wildman–Crippen MR) is 145 cm³/mol. The molecule has 1 fully saturated rings. The molecular weight excluding hydrogens is 484 g/mol. The molecule has 38 heavy (non-hydrogen) atoms. The van der Waals surface area contributed by atoms with Crippen molar-refractivity contribution in [2.24, 2.45) is 5.73 Å². The number of benzene rings is 2. The molecule has 0 aromatic heterocycles. The summed E-state index contributed by atoms with van der Waals surface area (Å²) in [4.78, 5) is 54.0. The number of nitrogens with one attached hydrogen (secondary N) is 2. The number of nitrogens with zero attached hydrogens (tertiary/aromatic N) is 1. The van der Waals surface area contributed by atoms with Crippen molar-refractivity contribution in [2.75, 3.05) is 5.32 Å². The molecule has 4 N–H and O–H groups in total. The maximum absolute atomic E-state index is 14.0. The summed E-state index contributed by atoms with van der Waals surface area (Å²) in [5, 5.41) is 5.55. The molecule has 1 saturated carbocycles. The average molecular weight is 523 g/mol. The monoisotopic (exact) mass is 522 g/mol. The summed E-state index contributed by atoms with van der Waals surface area (Å²) in [7, 11) is 0. The third-order valence-corrected chi connectivity index (χ3v) is 6.33. The van der Waals surface area contributed by atoms with Gasteiger partial charge in [-0.3, -0.25) is 14.4 Å². The van der Waals surface area contributed by atoms with Gasteiger partial charge in [-0.05, 0) is 76.6 Å². The Morgan fingerprint density at radius 1 is 0.974 bits per heavy atom. The van der Waals surface area contributed by atoms with Crippen LogP contribution in [0.4, 0.5) is 10.5 Å². The number of alkyl carbamates (subject to hydrolysis) is 1. The summed E-state index contributed by atoms with van der Waals surface area (Å²) < 4.78 is 5.32. The van der Waals surface area contributed by atoms with Crippen LogP contribution >= 0.6 is 0 Å². The van der Waals surface area contributed by atoms with Gasteiger partial charge in [-0.1, -0.05) is 42.5 Å². The van der Waals surface area contributed by atoms with E-state index in [1.165, 1.54) is 4.90 Å². The summed E-state index contributed by atoms with van der Waals surface area (Å²) in [6.07, 6.45) is 0.113. The van der Waals surface area contributed by atoms with Crippen LogP contribution in [0.2, 0.25) is 0 Å². The average Bonchev–Trinajstić information content (AvgIpc) is 3.63. The fourth-order valence-electron chi connectivity index (χ4n) is 4.42. The van der Waals surface area contributed by atoms with E-state index in [0.717, 1.165) is 16.7 Å². The second-order valence-electron chi connectivity index (χ2n) is 10.9. The number of anilines is 1. The summed E-state index contributed by atoms with van der Waals surface area (Å²) in [6, 6.07) is 10.6. The molecule has 2 atom stereocenters. The minimum atomic E-state index is -1.29. The van der Waals surface area contributed by atoms with Crippen molar-refractivity contribution < 1.29 is 23.9 Å². The summed E-state index contributed by atoms with van der Waals surface area (Å²) in [6.45, 7) is 10.8. The van der Waals surface area contributed by atoms with Gasteiger partial charge in [-0.2, -0.15) is 0 Å². The van der Waals surface area contributed by atoms with Crippen LogP contribution in [0, 0.1) is 20.8 Å². The Hall–Kier alpha value is -3.88. The number of primary amides is 1. The van der Waals surface area contributed by atoms with Gasteiger partial charge in [0.15, 0.2) is 0 Å². The highest BCUT2D eigenvalue weighted by molar-refractivity contribution is 6.01. The first-order valence-electron chi connectivity index (χ1n) is 12.8. The molecule has 0 saturated heterocycles. The third-order valence-electron chi connectivity index (χ3n) is 6.33. The minimum absolute atomic E-state index is 0.230. The van der Waals surface area contributed by atoms with E-state index in [1.807, 2.05) is 63.2 Å². The topological polar surface area (TPSA) is 131 Å². The molecule has 0 spiro atoms. The second-order valence-corrected chi connectivity index (χ2v) is 10.9. The molecule has 2 aromatic carbocycles. The van der Waals surface area contributed by atoms with E-state index < -0.39 is 42.0 Å². The van der Waals surface area contributed by atoms with Crippen LogP contribution in [0.5, 0.6) is 0 Å². The molecule has 9 nitrogen and oxygen atoms in total. The van der Waals surface area contributed by atoms with Crippen LogP contribution in [-0.2, 0) is 19.1 Å². The number of para-hydroxylation sites is 1. The van der Waals surface area contributed by atoms with E-state index in [2.05, 4.69) is 10.6 Å². The van der Waals surface area contributed by atoms with Gasteiger partial charge in [0.05, 0.1) is 6.42 Å². The number of carbonyl (C=O) groups excluding carboxylic acids is 4. The summed E-state index contributed by atoms with van der Waals surface area (Å²) in [5.41, 5.74) is 8.60. The Morgan fingerprint density at radius 2 is 1.55 bits per heavy atom. The molecule has 9 heteroatoms. The van der Waals surface area contributed by atoms with Gasteiger partial charge < -0.3 is 26.0 Å². The number of nitrogens with two attached hydrogens (primary N) is 1. The lowest BCUT2D eigenvalue weighted by Crippen LogP contribution is -2.54. The normalized spacial score (nSPS) is 14.7. The highest BCUT2D eigenvalue weighted by Crippen LogP contribution is 2.37. The van der Waals surface area contributed by atoms with Crippen molar-refractivity contribution in [3.63, 3.8) is 0 Å². The largest absolute Gasteiger partial charge is 0.444 e. The smallest absolute Gasteiger partial charge is 0.408 e. The summed E-state index contributed by atoms with van der Waals surface area (Å²) in [5.74, 6) is -1.71. The van der Waals surface area contributed by atoms with E-state index >= 15 is 0 Å². The highest BCUT2D eigenvalue weighted by atomic mass is 16.6. The van der Waals surface area contributed by atoms with Gasteiger partial charge in [0.2, 0.25) is 11.8 Å². The summed E-state index contributed by atoms with van der Waals surface area (Å²) >= 11 is 0. The molecule has 1 aliphatic rings. The lowest BCUT2D eigenvalue weighted by Gasteiger charge is -2.35. The van der Waals surface area contributed by atoms with Gasteiger partial charge in [-0.15, -0.1) is 0 Å². The Morgan fingerprint density at radius 3 is 2.08 bits per heavy atom. The van der Waals surface area contributed by atoms with Crippen molar-refractivity contribution >= 4 is 29.5 Å². The maximum atomic E-state index is 14.0. The van der Waals surface area contributed by atoms with Gasteiger partial charge in [0.1, 0.15) is 17.7 Å². The van der Waals surface area contributed by atoms with Crippen molar-refractivity contribution in [3.05, 3.63) is 64.7 Å². The lowest BCUT2D eigenvalue weighted by molar-refractivity contribution is -0.142. The van der Waals surface area contributed by atoms with E-state index in [9.17, 15) is 19.2 Å². The van der Waals surface area contributed by atoms with Crippen molar-refractivity contribution in [2.45, 2.75) is 84.5 Å². The Labute approximate surface area is 224 Å². The quantitative estimate of drug-likeness (QED) is 0.457. The standard InChI is InChI=1S/C29H38N4O5/c1-17-10-7-8-13-21(17)25(26(35)32-24-18(2)11-9-12-19(24)3)33(20-14-15-20)27(36)22(16-23(30)34)31-28(37)38-29(4,5)6/h7-13,20,22,25H,14-16H2,1-6H3,(H2,30,34)(H,31,37)(H,32,35). The zero-order chi connectivity index (χ0) is 28.2. The SMILES string of the molecule is Cc1ccccc1C(C(=O)Nc1c(C)cccc1C)N(C(=O)C(CC(N)=O)NC(=O)OC(C)(C)C)C1CC1. The first kappa shape index (κ1) is 28.7. The van der Waals surface area contributed by atoms with Gasteiger partial charge >= 0.3 is 6.09 Å². The van der Waals surface area contributed by atoms with Crippen molar-refractivity contribution in [1.82, 2.24) is 10.2 Å². The molecule has 0 aliphatic heterocycles. The number of rotatable bonds is 9. The van der Waals surface area contributed by atoms with Crippen LogP contribution in [0.15, 0.2) is 42.5 Å². The van der Waals surface area contributed by atoms with Crippen LogP contribution in [0.3, 0.4) is 0 Å². The van der Waals surface area contributed by atoms with Gasteiger partial charge in [0.25, 0.3) is 5.91 Å². The fraction of sp³-hybridized carbons (Fsp3) is 0.448. The number of aryl methyl sites for hydroxylation is 3. The molecule has 3 rings (SSSR count). The molecule has 0 heterocycles. The Bertz CT molecular complexity index is 1200.